The first-order chi connectivity index (χ1) is 12.7. The van der Waals surface area contributed by atoms with E-state index in [1.54, 1.807) is 18.6 Å². The number of nitrogens with zero attached hydrogens (tertiary/aromatic N) is 2. The Labute approximate surface area is 154 Å². The van der Waals surface area contributed by atoms with Crippen molar-refractivity contribution in [3.63, 3.8) is 0 Å². The molecule has 0 aliphatic heterocycles. The number of aromatic nitrogens is 2. The number of aryl methyl sites for hydroxylation is 1. The third-order valence-corrected chi connectivity index (χ3v) is 4.30. The van der Waals surface area contributed by atoms with Gasteiger partial charge in [0.2, 0.25) is 5.91 Å². The number of hydrogen-bond acceptors (Lipinski definition) is 2. The van der Waals surface area contributed by atoms with Crippen molar-refractivity contribution in [3.8, 4) is 0 Å². The smallest absolute Gasteiger partial charge is 0.244 e. The van der Waals surface area contributed by atoms with E-state index in [9.17, 15) is 4.79 Å². The van der Waals surface area contributed by atoms with E-state index in [4.69, 9.17) is 0 Å². The van der Waals surface area contributed by atoms with Crippen LogP contribution in [0.15, 0.2) is 73.3 Å². The maximum Gasteiger partial charge on any atom is 0.244 e. The monoisotopic (exact) mass is 345 g/mol. The zero-order valence-electron chi connectivity index (χ0n) is 14.9. The maximum absolute atomic E-state index is 12.1. The number of benzene rings is 2. The van der Waals surface area contributed by atoms with E-state index in [-0.39, 0.29) is 5.91 Å². The zero-order valence-corrected chi connectivity index (χ0v) is 14.9. The molecule has 26 heavy (non-hydrogen) atoms. The minimum Gasteiger partial charge on any atom is -0.348 e. The molecule has 0 aliphatic carbocycles. The van der Waals surface area contributed by atoms with E-state index in [0.717, 1.165) is 24.1 Å². The molecular formula is C22H23N3O. The van der Waals surface area contributed by atoms with Crippen LogP contribution in [0.1, 0.15) is 29.2 Å². The molecule has 132 valence electrons. The fraction of sp³-hybridized carbons (Fsp3) is 0.182. The van der Waals surface area contributed by atoms with E-state index in [1.807, 2.05) is 47.2 Å². The van der Waals surface area contributed by atoms with E-state index in [0.29, 0.717) is 6.54 Å². The fourth-order valence-electron chi connectivity index (χ4n) is 2.74. The van der Waals surface area contributed by atoms with Crippen LogP contribution in [0.5, 0.6) is 0 Å². The molecule has 2 aromatic carbocycles. The van der Waals surface area contributed by atoms with Crippen LogP contribution >= 0.6 is 0 Å². The van der Waals surface area contributed by atoms with Crippen molar-refractivity contribution in [2.75, 3.05) is 0 Å². The summed E-state index contributed by atoms with van der Waals surface area (Å²) in [5.74, 6) is -0.0954. The predicted octanol–water partition coefficient (Wildman–Crippen LogP) is 3.82. The van der Waals surface area contributed by atoms with Crippen LogP contribution in [-0.2, 0) is 24.3 Å². The molecule has 1 N–H and O–H groups in total. The minimum absolute atomic E-state index is 0.0954. The third kappa shape index (κ3) is 4.93. The Kier molecular flexibility index (Phi) is 5.99. The first-order valence-corrected chi connectivity index (χ1v) is 8.82. The van der Waals surface area contributed by atoms with Gasteiger partial charge in [0, 0.05) is 31.6 Å². The van der Waals surface area contributed by atoms with E-state index < -0.39 is 0 Å². The van der Waals surface area contributed by atoms with Crippen LogP contribution in [0.3, 0.4) is 0 Å². The van der Waals surface area contributed by atoms with Gasteiger partial charge in [0.1, 0.15) is 0 Å². The van der Waals surface area contributed by atoms with Gasteiger partial charge in [-0.2, -0.15) is 0 Å². The van der Waals surface area contributed by atoms with E-state index in [2.05, 4.69) is 35.4 Å². The van der Waals surface area contributed by atoms with Crippen LogP contribution in [0.25, 0.3) is 6.08 Å². The van der Waals surface area contributed by atoms with Gasteiger partial charge in [-0.05, 0) is 34.8 Å². The molecule has 0 unspecified atom stereocenters. The van der Waals surface area contributed by atoms with Crippen LogP contribution < -0.4 is 5.32 Å². The van der Waals surface area contributed by atoms with Crippen molar-refractivity contribution in [1.82, 2.24) is 14.9 Å². The van der Waals surface area contributed by atoms with Gasteiger partial charge in [0.25, 0.3) is 0 Å². The molecule has 0 fully saturated rings. The Morgan fingerprint density at radius 3 is 2.58 bits per heavy atom. The summed E-state index contributed by atoms with van der Waals surface area (Å²) < 4.78 is 2.01. The first-order valence-electron chi connectivity index (χ1n) is 8.82. The summed E-state index contributed by atoms with van der Waals surface area (Å²) in [6.07, 6.45) is 9.93. The highest BCUT2D eigenvalue weighted by Gasteiger charge is 2.04. The Hall–Kier alpha value is -3.14. The molecule has 0 aliphatic rings. The molecule has 0 atom stereocenters. The Bertz CT molecular complexity index is 865. The lowest BCUT2D eigenvalue weighted by atomic mass is 10.1. The van der Waals surface area contributed by atoms with Crippen molar-refractivity contribution in [3.05, 3.63) is 95.6 Å². The second-order valence-electron chi connectivity index (χ2n) is 6.15. The highest BCUT2D eigenvalue weighted by atomic mass is 16.1. The van der Waals surface area contributed by atoms with Crippen molar-refractivity contribution in [2.24, 2.45) is 0 Å². The van der Waals surface area contributed by atoms with Crippen LogP contribution in [0.4, 0.5) is 0 Å². The van der Waals surface area contributed by atoms with Crippen LogP contribution in [0, 0.1) is 0 Å². The van der Waals surface area contributed by atoms with Gasteiger partial charge in [0.15, 0.2) is 0 Å². The molecule has 1 heterocycles. The van der Waals surface area contributed by atoms with Gasteiger partial charge in [-0.25, -0.2) is 4.98 Å². The Morgan fingerprint density at radius 2 is 1.88 bits per heavy atom. The summed E-state index contributed by atoms with van der Waals surface area (Å²) in [4.78, 5) is 16.2. The molecule has 1 amide bonds. The average Bonchev–Trinajstić information content (AvgIpc) is 3.19. The number of rotatable bonds is 7. The highest BCUT2D eigenvalue weighted by Crippen LogP contribution is 2.11. The van der Waals surface area contributed by atoms with Gasteiger partial charge in [-0.1, -0.05) is 55.5 Å². The van der Waals surface area contributed by atoms with Crippen molar-refractivity contribution < 1.29 is 4.79 Å². The zero-order chi connectivity index (χ0) is 18.2. The summed E-state index contributed by atoms with van der Waals surface area (Å²) >= 11 is 0. The molecule has 0 saturated heterocycles. The summed E-state index contributed by atoms with van der Waals surface area (Å²) in [5, 5.41) is 2.96. The summed E-state index contributed by atoms with van der Waals surface area (Å²) in [6.45, 7) is 3.37. The van der Waals surface area contributed by atoms with Gasteiger partial charge in [-0.15, -0.1) is 0 Å². The molecule has 0 saturated carbocycles. The second kappa shape index (κ2) is 8.81. The van der Waals surface area contributed by atoms with E-state index >= 15 is 0 Å². The van der Waals surface area contributed by atoms with Crippen molar-refractivity contribution in [2.45, 2.75) is 26.4 Å². The Morgan fingerprint density at radius 1 is 1.12 bits per heavy atom. The van der Waals surface area contributed by atoms with Crippen LogP contribution in [0.2, 0.25) is 0 Å². The summed E-state index contributed by atoms with van der Waals surface area (Å²) in [6, 6.07) is 16.4. The largest absolute Gasteiger partial charge is 0.348 e. The second-order valence-corrected chi connectivity index (χ2v) is 6.15. The number of imidazole rings is 1. The minimum atomic E-state index is -0.0954. The van der Waals surface area contributed by atoms with Gasteiger partial charge in [-0.3, -0.25) is 4.79 Å². The molecule has 0 bridgehead atoms. The number of carbonyl (C=O) groups is 1. The van der Waals surface area contributed by atoms with Crippen molar-refractivity contribution >= 4 is 12.0 Å². The summed E-state index contributed by atoms with van der Waals surface area (Å²) in [7, 11) is 0. The van der Waals surface area contributed by atoms with Gasteiger partial charge < -0.3 is 9.88 Å². The van der Waals surface area contributed by atoms with Crippen molar-refractivity contribution in [1.29, 1.82) is 0 Å². The topological polar surface area (TPSA) is 46.9 Å². The lowest BCUT2D eigenvalue weighted by Gasteiger charge is -2.10. The van der Waals surface area contributed by atoms with Crippen LogP contribution in [-0.4, -0.2) is 15.5 Å². The molecule has 3 rings (SSSR count). The lowest BCUT2D eigenvalue weighted by molar-refractivity contribution is -0.116. The summed E-state index contributed by atoms with van der Waals surface area (Å²) in [5.41, 5.74) is 4.60. The maximum atomic E-state index is 12.1. The predicted molar refractivity (Wildman–Crippen MR) is 104 cm³/mol. The highest BCUT2D eigenvalue weighted by molar-refractivity contribution is 5.91. The average molecular weight is 345 g/mol. The molecule has 4 heteroatoms. The molecule has 4 nitrogen and oxygen atoms in total. The van der Waals surface area contributed by atoms with Gasteiger partial charge in [0.05, 0.1) is 6.33 Å². The number of hydrogen-bond donors (Lipinski definition) is 1. The number of amides is 1. The molecule has 0 spiro atoms. The standard InChI is InChI=1S/C22H23N3O/c1-2-18-7-9-19(10-8-18)11-12-22(26)24-15-20-5-3-4-6-21(20)16-25-14-13-23-17-25/h3-14,17H,2,15-16H2,1H3,(H,24,26)/b12-11+. The quantitative estimate of drug-likeness (QED) is 0.662. The third-order valence-electron chi connectivity index (χ3n) is 4.30. The Balaban J connectivity index is 1.58. The molecule has 1 aromatic heterocycles. The lowest BCUT2D eigenvalue weighted by Crippen LogP contribution is -2.21. The molecule has 3 aromatic rings. The van der Waals surface area contributed by atoms with E-state index in [1.165, 1.54) is 11.1 Å². The van der Waals surface area contributed by atoms with Gasteiger partial charge >= 0.3 is 0 Å². The molecule has 0 radical (unpaired) electrons. The number of carbonyl (C=O) groups excluding carboxylic acids is 1. The fourth-order valence-corrected chi connectivity index (χ4v) is 2.74. The normalized spacial score (nSPS) is 11.0. The molecular weight excluding hydrogens is 322 g/mol. The SMILES string of the molecule is CCc1ccc(/C=C/C(=O)NCc2ccccc2Cn2ccnc2)cc1. The number of nitrogens with one attached hydrogen (secondary N) is 1. The first kappa shape index (κ1) is 17.7.